The fourth-order valence-electron chi connectivity index (χ4n) is 3.88. The van der Waals surface area contributed by atoms with Crippen LogP contribution in [0, 0.1) is 6.92 Å². The summed E-state index contributed by atoms with van der Waals surface area (Å²) in [4.78, 5) is 29.0. The summed E-state index contributed by atoms with van der Waals surface area (Å²) in [5.74, 6) is 1.16. The molecule has 0 aliphatic carbocycles. The Labute approximate surface area is 201 Å². The Morgan fingerprint density at radius 3 is 2.56 bits per heavy atom. The van der Waals surface area contributed by atoms with Crippen LogP contribution in [0.15, 0.2) is 73.1 Å². The molecule has 8 heteroatoms. The highest BCUT2D eigenvalue weighted by Gasteiger charge is 2.15. The maximum Gasteiger partial charge on any atom is 0.256 e. The van der Waals surface area contributed by atoms with Crippen LogP contribution in [-0.4, -0.2) is 22.3 Å². The molecule has 0 aliphatic rings. The number of aryl methyl sites for hydroxylation is 1. The molecule has 0 spiro atoms. The van der Waals surface area contributed by atoms with E-state index in [0.717, 1.165) is 15.6 Å². The first-order chi connectivity index (χ1) is 16.4. The van der Waals surface area contributed by atoms with Gasteiger partial charge >= 0.3 is 0 Å². The van der Waals surface area contributed by atoms with Gasteiger partial charge in [-0.25, -0.2) is 0 Å². The van der Waals surface area contributed by atoms with Crippen LogP contribution in [0.2, 0.25) is 0 Å². The van der Waals surface area contributed by atoms with Crippen molar-refractivity contribution in [2.24, 2.45) is 0 Å². The van der Waals surface area contributed by atoms with Crippen molar-refractivity contribution >= 4 is 49.8 Å². The van der Waals surface area contributed by atoms with Crippen molar-refractivity contribution in [3.05, 3.63) is 96.7 Å². The Hall–Kier alpha value is -4.04. The summed E-state index contributed by atoms with van der Waals surface area (Å²) in [6, 6.07) is 16.0. The second-order valence-electron chi connectivity index (χ2n) is 7.73. The van der Waals surface area contributed by atoms with Crippen LogP contribution in [0.3, 0.4) is 0 Å². The van der Waals surface area contributed by atoms with Crippen molar-refractivity contribution in [1.29, 1.82) is 0 Å². The summed E-state index contributed by atoms with van der Waals surface area (Å²) in [6.07, 6.45) is 3.48. The van der Waals surface area contributed by atoms with Gasteiger partial charge in [-0.05, 0) is 55.0 Å². The molecular weight excluding hydrogens is 498 g/mol. The quantitative estimate of drug-likeness (QED) is 0.346. The first kappa shape index (κ1) is 21.8. The number of H-pyrrole nitrogens is 1. The number of hydrogen-bond acceptors (Lipinski definition) is 6. The number of halogens is 1. The summed E-state index contributed by atoms with van der Waals surface area (Å²) in [5.41, 5.74) is 1.88. The number of benzene rings is 3. The van der Waals surface area contributed by atoms with Crippen molar-refractivity contribution in [3.63, 3.8) is 0 Å². The van der Waals surface area contributed by atoms with Crippen molar-refractivity contribution in [2.75, 3.05) is 7.11 Å². The normalized spacial score (nSPS) is 11.5. The second-order valence-corrected chi connectivity index (χ2v) is 8.64. The minimum atomic E-state index is -0.366. The second kappa shape index (κ2) is 8.72. The highest BCUT2D eigenvalue weighted by Crippen LogP contribution is 2.28. The van der Waals surface area contributed by atoms with Crippen LogP contribution in [-0.2, 0) is 0 Å². The fourth-order valence-corrected chi connectivity index (χ4v) is 4.26. The first-order valence-corrected chi connectivity index (χ1v) is 11.2. The lowest BCUT2D eigenvalue weighted by Gasteiger charge is -2.04. The lowest BCUT2D eigenvalue weighted by atomic mass is 10.1. The van der Waals surface area contributed by atoms with E-state index in [1.165, 1.54) is 0 Å². The fraction of sp³-hybridized carbons (Fsp3) is 0.0769. The maximum atomic E-state index is 13.3. The molecule has 2 aromatic heterocycles. The lowest BCUT2D eigenvalue weighted by Crippen LogP contribution is -2.02. The molecular formula is C26H18BrN3O4. The zero-order chi connectivity index (χ0) is 23.8. The Morgan fingerprint density at radius 2 is 1.76 bits per heavy atom. The van der Waals surface area contributed by atoms with E-state index in [-0.39, 0.29) is 22.8 Å². The highest BCUT2D eigenvalue weighted by atomic mass is 79.9. The van der Waals surface area contributed by atoms with Gasteiger partial charge in [0.1, 0.15) is 5.75 Å². The third-order valence-electron chi connectivity index (χ3n) is 5.45. The predicted octanol–water partition coefficient (Wildman–Crippen LogP) is 5.34. The standard InChI is InChI=1S/C26H18BrN3O4/c1-14-11-19-23(28-25(32)18-6-4-3-5-17(18)24(19)31)20(12-14)26-30-29-22(34-26)10-7-15-13-16(27)8-9-21(15)33-2/h3-13H,1-2H3,(H,28,32)/b10-7+. The van der Waals surface area contributed by atoms with Crippen molar-refractivity contribution < 1.29 is 9.15 Å². The minimum Gasteiger partial charge on any atom is -0.496 e. The zero-order valence-corrected chi connectivity index (χ0v) is 19.8. The molecule has 0 aliphatic heterocycles. The molecule has 7 nitrogen and oxygen atoms in total. The molecule has 2 heterocycles. The van der Waals surface area contributed by atoms with Crippen molar-refractivity contribution in [2.45, 2.75) is 6.92 Å². The molecule has 5 aromatic rings. The molecule has 0 fully saturated rings. The van der Waals surface area contributed by atoms with E-state index in [4.69, 9.17) is 9.15 Å². The predicted molar refractivity (Wildman–Crippen MR) is 136 cm³/mol. The van der Waals surface area contributed by atoms with Crippen LogP contribution in [0.1, 0.15) is 17.0 Å². The van der Waals surface area contributed by atoms with Crippen molar-refractivity contribution in [1.82, 2.24) is 15.2 Å². The highest BCUT2D eigenvalue weighted by molar-refractivity contribution is 9.10. The molecule has 3 aromatic carbocycles. The average Bonchev–Trinajstić information content (AvgIpc) is 3.28. The van der Waals surface area contributed by atoms with Gasteiger partial charge in [0.25, 0.3) is 5.56 Å². The van der Waals surface area contributed by atoms with E-state index in [0.29, 0.717) is 33.0 Å². The van der Waals surface area contributed by atoms with Gasteiger partial charge < -0.3 is 14.1 Å². The smallest absolute Gasteiger partial charge is 0.256 e. The van der Waals surface area contributed by atoms with Gasteiger partial charge in [0.15, 0.2) is 5.43 Å². The lowest BCUT2D eigenvalue weighted by molar-refractivity contribution is 0.414. The number of hydrogen-bond donors (Lipinski definition) is 1. The van der Waals surface area contributed by atoms with Gasteiger partial charge in [-0.3, -0.25) is 9.59 Å². The summed E-state index contributed by atoms with van der Waals surface area (Å²) in [5, 5.41) is 9.33. The van der Waals surface area contributed by atoms with Crippen LogP contribution >= 0.6 is 15.9 Å². The molecule has 0 unspecified atom stereocenters. The number of aromatic amines is 1. The number of methoxy groups -OCH3 is 1. The van der Waals surface area contributed by atoms with Gasteiger partial charge in [-0.2, -0.15) is 0 Å². The summed E-state index contributed by atoms with van der Waals surface area (Å²) in [7, 11) is 1.60. The zero-order valence-electron chi connectivity index (χ0n) is 18.3. The number of aromatic nitrogens is 3. The van der Waals surface area contributed by atoms with E-state index in [2.05, 4.69) is 31.1 Å². The Bertz CT molecular complexity index is 1720. The maximum absolute atomic E-state index is 13.3. The molecule has 34 heavy (non-hydrogen) atoms. The Kier molecular flexibility index (Phi) is 5.59. The largest absolute Gasteiger partial charge is 0.496 e. The molecule has 0 saturated heterocycles. The van der Waals surface area contributed by atoms with E-state index >= 15 is 0 Å². The minimum absolute atomic E-state index is 0.194. The molecule has 0 amide bonds. The van der Waals surface area contributed by atoms with Crippen LogP contribution < -0.4 is 15.7 Å². The Balaban J connectivity index is 1.66. The van der Waals surface area contributed by atoms with Gasteiger partial charge in [0.2, 0.25) is 11.8 Å². The third-order valence-corrected chi connectivity index (χ3v) is 5.94. The number of ether oxygens (including phenoxy) is 1. The van der Waals surface area contributed by atoms with E-state index in [9.17, 15) is 9.59 Å². The molecule has 1 N–H and O–H groups in total. The molecule has 5 rings (SSSR count). The van der Waals surface area contributed by atoms with E-state index in [1.54, 1.807) is 55.7 Å². The topological polar surface area (TPSA) is 98.1 Å². The number of nitrogens with zero attached hydrogens (tertiary/aromatic N) is 2. The number of rotatable bonds is 4. The van der Waals surface area contributed by atoms with Gasteiger partial charge in [0.05, 0.1) is 23.6 Å². The third kappa shape index (κ3) is 3.92. The van der Waals surface area contributed by atoms with E-state index < -0.39 is 0 Å². The van der Waals surface area contributed by atoms with Crippen LogP contribution in [0.5, 0.6) is 5.75 Å². The van der Waals surface area contributed by atoms with E-state index in [1.807, 2.05) is 25.1 Å². The van der Waals surface area contributed by atoms with Gasteiger partial charge in [-0.1, -0.05) is 34.1 Å². The SMILES string of the molecule is COc1ccc(Br)cc1/C=C/c1nnc(-c2cc(C)cc3c(=O)c4ccccc4c(=O)[nH]c23)o1. The van der Waals surface area contributed by atoms with Gasteiger partial charge in [-0.15, -0.1) is 10.2 Å². The molecule has 0 bridgehead atoms. The monoisotopic (exact) mass is 515 g/mol. The number of nitrogens with one attached hydrogen (secondary N) is 1. The summed E-state index contributed by atoms with van der Waals surface area (Å²) < 4.78 is 12.2. The molecule has 168 valence electrons. The first-order valence-electron chi connectivity index (χ1n) is 10.4. The van der Waals surface area contributed by atoms with Gasteiger partial charge in [0, 0.05) is 26.9 Å². The summed E-state index contributed by atoms with van der Waals surface area (Å²) in [6.45, 7) is 1.87. The number of fused-ring (bicyclic) bond motifs is 2. The van der Waals surface area contributed by atoms with Crippen molar-refractivity contribution in [3.8, 4) is 17.2 Å². The molecule has 0 saturated carbocycles. The van der Waals surface area contributed by atoms with Crippen LogP contribution in [0.4, 0.5) is 0 Å². The van der Waals surface area contributed by atoms with Crippen LogP contribution in [0.25, 0.3) is 45.3 Å². The Morgan fingerprint density at radius 1 is 0.971 bits per heavy atom. The summed E-state index contributed by atoms with van der Waals surface area (Å²) >= 11 is 3.45. The molecule has 0 atom stereocenters. The average molecular weight is 516 g/mol. The molecule has 0 radical (unpaired) electrons.